The van der Waals surface area contributed by atoms with Gasteiger partial charge < -0.3 is 43.0 Å². The highest BCUT2D eigenvalue weighted by Crippen LogP contribution is 2.63. The number of ether oxygens (including phenoxy) is 8. The van der Waals surface area contributed by atoms with E-state index in [2.05, 4.69) is 6.58 Å². The summed E-state index contributed by atoms with van der Waals surface area (Å²) >= 11 is 6.87. The third-order valence-electron chi connectivity index (χ3n) is 10.5. The molecular formula is C38H51ClO16. The maximum absolute atomic E-state index is 13.6. The van der Waals surface area contributed by atoms with Crippen LogP contribution in [0.25, 0.3) is 0 Å². The Morgan fingerprint density at radius 2 is 1.42 bits per heavy atom. The lowest BCUT2D eigenvalue weighted by molar-refractivity contribution is -0.281. The lowest BCUT2D eigenvalue weighted by Gasteiger charge is -2.59. The topological polar surface area (TPSA) is 217 Å². The molecule has 2 aliphatic carbocycles. The van der Waals surface area contributed by atoms with Gasteiger partial charge in [0.25, 0.3) is 0 Å². The second kappa shape index (κ2) is 16.6. The van der Waals surface area contributed by atoms with E-state index in [1.807, 2.05) is 0 Å². The highest BCUT2D eigenvalue weighted by Gasteiger charge is 2.81. The number of hydrogen-bond donors (Lipinski definition) is 1. The molecule has 1 spiro atoms. The van der Waals surface area contributed by atoms with Gasteiger partial charge in [0.15, 0.2) is 36.6 Å². The number of rotatable bonds is 11. The molecular weight excluding hydrogens is 748 g/mol. The minimum Gasteiger partial charge on any atom is -0.459 e. The quantitative estimate of drug-likeness (QED) is 0.138. The number of allylic oxidation sites excluding steroid dienone is 1. The molecule has 0 radical (unpaired) electrons. The number of carbonyl (C=O) groups excluding carboxylic acids is 7. The van der Waals surface area contributed by atoms with Crippen LogP contribution in [0.1, 0.15) is 75.2 Å². The molecule has 1 N–H and O–H groups in total. The fraction of sp³-hybridized carbons (Fsp3) is 0.711. The Labute approximate surface area is 324 Å². The van der Waals surface area contributed by atoms with Gasteiger partial charge in [-0.3, -0.25) is 28.8 Å². The zero-order valence-electron chi connectivity index (χ0n) is 32.5. The zero-order valence-corrected chi connectivity index (χ0v) is 33.2. The summed E-state index contributed by atoms with van der Waals surface area (Å²) in [5, 5.41) is 11.6. The molecule has 16 nitrogen and oxygen atoms in total. The molecule has 0 aromatic rings. The van der Waals surface area contributed by atoms with E-state index in [1.54, 1.807) is 27.7 Å². The molecule has 55 heavy (non-hydrogen) atoms. The number of fused-ring (bicyclic) bond motifs is 3. The predicted molar refractivity (Wildman–Crippen MR) is 188 cm³/mol. The second-order valence-corrected chi connectivity index (χ2v) is 16.2. The first-order valence-corrected chi connectivity index (χ1v) is 18.6. The van der Waals surface area contributed by atoms with E-state index in [4.69, 9.17) is 49.5 Å². The molecule has 17 heteroatoms. The molecule has 0 bridgehead atoms. The number of aliphatic hydroxyl groups is 1. The summed E-state index contributed by atoms with van der Waals surface area (Å²) in [6.07, 6.45) is -7.53. The predicted octanol–water partition coefficient (Wildman–Crippen LogP) is 2.67. The van der Waals surface area contributed by atoms with Gasteiger partial charge in [0.1, 0.15) is 17.8 Å². The van der Waals surface area contributed by atoms with Gasteiger partial charge in [-0.15, -0.1) is 11.6 Å². The fourth-order valence-corrected chi connectivity index (χ4v) is 8.37. The molecule has 0 aromatic heterocycles. The molecule has 2 saturated heterocycles. The van der Waals surface area contributed by atoms with Gasteiger partial charge >= 0.3 is 41.8 Å². The molecule has 3 fully saturated rings. The van der Waals surface area contributed by atoms with Crippen molar-refractivity contribution in [3.8, 4) is 0 Å². The molecule has 1 saturated carbocycles. The molecule has 1 unspecified atom stereocenters. The van der Waals surface area contributed by atoms with Crippen LogP contribution in [0.5, 0.6) is 0 Å². The Balaban J connectivity index is 2.09. The highest BCUT2D eigenvalue weighted by molar-refractivity contribution is 6.23. The van der Waals surface area contributed by atoms with Crippen LogP contribution in [0.2, 0.25) is 0 Å². The zero-order chi connectivity index (χ0) is 41.4. The number of hydrogen-bond acceptors (Lipinski definition) is 16. The van der Waals surface area contributed by atoms with Crippen LogP contribution in [0.4, 0.5) is 0 Å². The number of epoxide rings is 1. The largest absolute Gasteiger partial charge is 0.459 e. The molecule has 2 heterocycles. The van der Waals surface area contributed by atoms with Crippen molar-refractivity contribution in [2.24, 2.45) is 29.1 Å². The van der Waals surface area contributed by atoms with E-state index in [1.165, 1.54) is 26.0 Å². The monoisotopic (exact) mass is 798 g/mol. The lowest BCUT2D eigenvalue weighted by atomic mass is 9.51. The van der Waals surface area contributed by atoms with E-state index in [0.29, 0.717) is 0 Å². The molecule has 2 aliphatic heterocycles. The van der Waals surface area contributed by atoms with E-state index in [0.717, 1.165) is 20.8 Å². The van der Waals surface area contributed by atoms with E-state index in [9.17, 15) is 38.7 Å². The number of alkyl halides is 1. The van der Waals surface area contributed by atoms with Gasteiger partial charge in [-0.1, -0.05) is 47.3 Å². The van der Waals surface area contributed by atoms with Gasteiger partial charge in [0.05, 0.1) is 23.3 Å². The van der Waals surface area contributed by atoms with Crippen molar-refractivity contribution >= 4 is 53.4 Å². The number of carbonyl (C=O) groups is 7. The average molecular weight is 799 g/mol. The Morgan fingerprint density at radius 1 is 0.873 bits per heavy atom. The third kappa shape index (κ3) is 8.70. The maximum atomic E-state index is 13.6. The summed E-state index contributed by atoms with van der Waals surface area (Å²) in [6.45, 7) is 15.9. The molecule has 306 valence electrons. The average Bonchev–Trinajstić information content (AvgIpc) is 3.81. The number of halogens is 1. The Morgan fingerprint density at radius 3 is 1.95 bits per heavy atom. The van der Waals surface area contributed by atoms with Crippen LogP contribution in [0.3, 0.4) is 0 Å². The molecule has 12 atom stereocenters. The number of esters is 7. The SMILES string of the molecule is C=C1/C=C\[C@@H](OC(=O)COC(=O)CC(C)C)[C@@]2(C)[C@@H](OC(C)=O)[C@@H](OC(C)=O)[C@@H](OC(=O)CC(C)C)[C@]3(CO3)[C@@H]2[C@H](OC(C)=O)[C@]2(O)[C@@H](C)C(=O)O[C@H]2C1Cl. The van der Waals surface area contributed by atoms with Crippen LogP contribution in [0.15, 0.2) is 24.3 Å². The van der Waals surface area contributed by atoms with Crippen molar-refractivity contribution in [1.82, 2.24) is 0 Å². The Bertz CT molecular complexity index is 1600. The van der Waals surface area contributed by atoms with Crippen LogP contribution < -0.4 is 0 Å². The van der Waals surface area contributed by atoms with Crippen LogP contribution >= 0.6 is 11.6 Å². The van der Waals surface area contributed by atoms with E-state index in [-0.39, 0.29) is 36.9 Å². The van der Waals surface area contributed by atoms with Crippen LogP contribution in [0, 0.1) is 29.1 Å². The Hall–Kier alpha value is -4.02. The van der Waals surface area contributed by atoms with Crippen molar-refractivity contribution in [1.29, 1.82) is 0 Å². The van der Waals surface area contributed by atoms with Gasteiger partial charge in [-0.2, -0.15) is 0 Å². The smallest absolute Gasteiger partial charge is 0.344 e. The van der Waals surface area contributed by atoms with Gasteiger partial charge in [0, 0.05) is 39.5 Å². The van der Waals surface area contributed by atoms with Gasteiger partial charge in [-0.05, 0) is 30.4 Å². The summed E-state index contributed by atoms with van der Waals surface area (Å²) < 4.78 is 46.9. The summed E-state index contributed by atoms with van der Waals surface area (Å²) in [5.74, 6) is -9.46. The van der Waals surface area contributed by atoms with Crippen LogP contribution in [-0.2, 0) is 71.5 Å². The molecule has 4 rings (SSSR count). The Kier molecular flexibility index (Phi) is 13.2. The summed E-state index contributed by atoms with van der Waals surface area (Å²) in [6, 6.07) is 0. The van der Waals surface area contributed by atoms with Gasteiger partial charge in [0.2, 0.25) is 0 Å². The van der Waals surface area contributed by atoms with E-state index >= 15 is 0 Å². The minimum absolute atomic E-state index is 0.00545. The highest BCUT2D eigenvalue weighted by atomic mass is 35.5. The van der Waals surface area contributed by atoms with Crippen molar-refractivity contribution in [2.75, 3.05) is 13.2 Å². The first-order valence-electron chi connectivity index (χ1n) is 18.1. The first-order chi connectivity index (χ1) is 25.5. The third-order valence-corrected chi connectivity index (χ3v) is 11.0. The second-order valence-electron chi connectivity index (χ2n) is 15.7. The van der Waals surface area contributed by atoms with Crippen LogP contribution in [-0.4, -0.2) is 113 Å². The van der Waals surface area contributed by atoms with Gasteiger partial charge in [-0.25, -0.2) is 4.79 Å². The minimum atomic E-state index is -2.50. The van der Waals surface area contributed by atoms with Crippen molar-refractivity contribution in [2.45, 2.75) is 128 Å². The molecule has 0 amide bonds. The maximum Gasteiger partial charge on any atom is 0.344 e. The first kappa shape index (κ1) is 43.7. The van der Waals surface area contributed by atoms with Crippen molar-refractivity contribution in [3.05, 3.63) is 24.3 Å². The summed E-state index contributed by atoms with van der Waals surface area (Å²) in [7, 11) is 0. The van der Waals surface area contributed by atoms with Crippen molar-refractivity contribution in [3.63, 3.8) is 0 Å². The van der Waals surface area contributed by atoms with E-state index < -0.39 is 119 Å². The summed E-state index contributed by atoms with van der Waals surface area (Å²) in [5.41, 5.74) is -6.29. The van der Waals surface area contributed by atoms with Crippen molar-refractivity contribution < 1.29 is 76.6 Å². The fourth-order valence-electron chi connectivity index (χ4n) is 8.04. The normalized spacial score (nSPS) is 37.1. The standard InChI is InChI=1S/C38H51ClO16/c1-17(2)13-25(43)48-15-27(45)53-24-12-11-19(5)28(39)31-38(47,20(6)35(46)55-31)34(52-23(9)42)30-36(24,10)32(51-22(8)41)29(50-21(7)40)33(37(30)16-49-37)54-26(44)14-18(3)4/h11-12,17-18,20,24,28-34,47H,5,13-16H2,1-4,6-10H3/b12-11-/t20-,24+,28?,29+,30+,31-,32-,33+,34-,36+,37-,38-/m0/s1. The summed E-state index contributed by atoms with van der Waals surface area (Å²) in [4.78, 5) is 91.9. The lowest BCUT2D eigenvalue weighted by Crippen LogP contribution is -2.76. The molecule has 0 aromatic carbocycles. The molecule has 4 aliphatic rings.